The van der Waals surface area contributed by atoms with Gasteiger partial charge in [-0.25, -0.2) is 4.79 Å². The average Bonchev–Trinajstić information content (AvgIpc) is 2.97. The van der Waals surface area contributed by atoms with Crippen LogP contribution >= 0.6 is 21.6 Å². The third-order valence-corrected chi connectivity index (χ3v) is 7.96. The SMILES string of the molecule is CC(C)C#CCNC(=O)NCCCCOCSSc1ccc(CC(=O)CCCOCCOCCOCCCC(C)C)cc1. The Kier molecular flexibility index (Phi) is 25.4. The van der Waals surface area contributed by atoms with Crippen molar-refractivity contribution in [2.24, 2.45) is 11.8 Å². The number of carbonyl (C=O) groups excluding carboxylic acids is 2. The van der Waals surface area contributed by atoms with Crippen molar-refractivity contribution in [2.45, 2.75) is 77.5 Å². The van der Waals surface area contributed by atoms with Crippen molar-refractivity contribution in [3.05, 3.63) is 29.8 Å². The zero-order valence-electron chi connectivity index (χ0n) is 26.8. The number of ketones is 1. The fraction of sp³-hybridized carbons (Fsp3) is 0.697. The van der Waals surface area contributed by atoms with E-state index in [9.17, 15) is 9.59 Å². The molecule has 2 amide bonds. The molecule has 0 radical (unpaired) electrons. The highest BCUT2D eigenvalue weighted by Gasteiger charge is 2.05. The fourth-order valence-corrected chi connectivity index (χ4v) is 5.35. The van der Waals surface area contributed by atoms with E-state index in [1.54, 1.807) is 21.6 Å². The molecule has 0 atom stereocenters. The Bertz CT molecular complexity index is 903. The molecule has 2 N–H and O–H groups in total. The second-order valence-electron chi connectivity index (χ2n) is 10.9. The van der Waals surface area contributed by atoms with Gasteiger partial charge in [0.25, 0.3) is 0 Å². The predicted octanol–water partition coefficient (Wildman–Crippen LogP) is 6.52. The third-order valence-electron chi connectivity index (χ3n) is 5.90. The lowest BCUT2D eigenvalue weighted by molar-refractivity contribution is -0.118. The molecule has 0 saturated carbocycles. The highest BCUT2D eigenvalue weighted by Crippen LogP contribution is 2.31. The molecule has 0 spiro atoms. The minimum Gasteiger partial charge on any atom is -0.379 e. The lowest BCUT2D eigenvalue weighted by Gasteiger charge is -2.08. The quantitative estimate of drug-likeness (QED) is 0.0513. The Morgan fingerprint density at radius 2 is 1.44 bits per heavy atom. The van der Waals surface area contributed by atoms with E-state index in [0.717, 1.165) is 48.7 Å². The van der Waals surface area contributed by atoms with Gasteiger partial charge in [0, 0.05) is 50.0 Å². The summed E-state index contributed by atoms with van der Waals surface area (Å²) in [6.45, 7) is 13.8. The summed E-state index contributed by atoms with van der Waals surface area (Å²) < 4.78 is 22.3. The summed E-state index contributed by atoms with van der Waals surface area (Å²) in [5.41, 5.74) is 1.03. The van der Waals surface area contributed by atoms with Crippen LogP contribution in [-0.4, -0.2) is 77.1 Å². The van der Waals surface area contributed by atoms with Crippen molar-refractivity contribution in [2.75, 3.05) is 65.3 Å². The number of Topliss-reactive ketones (excluding diaryl/α,β-unsaturated/α-hetero) is 1. The standard InChI is InChI=1S/C33H54N2O6S2/c1-28(2)10-7-18-35-33(37)34-17-5-6-19-41-27-42-43-32-15-13-30(14-16-32)26-31(36)12-9-21-39-23-25-40-24-22-38-20-8-11-29(3)4/h13-16,28-29H,5-6,8-9,11-12,17-27H2,1-4H3,(H2,34,35,37). The van der Waals surface area contributed by atoms with Gasteiger partial charge in [0.05, 0.1) is 33.0 Å². The van der Waals surface area contributed by atoms with Crippen LogP contribution in [0.1, 0.15) is 71.8 Å². The van der Waals surface area contributed by atoms with Crippen molar-refractivity contribution in [3.8, 4) is 11.8 Å². The first-order valence-electron chi connectivity index (χ1n) is 15.6. The van der Waals surface area contributed by atoms with E-state index in [0.29, 0.717) is 77.4 Å². The molecule has 1 aromatic rings. The lowest BCUT2D eigenvalue weighted by atomic mass is 10.1. The highest BCUT2D eigenvalue weighted by atomic mass is 33.1. The number of rotatable bonds is 26. The van der Waals surface area contributed by atoms with Crippen molar-refractivity contribution in [1.29, 1.82) is 0 Å². The number of hydrogen-bond donors (Lipinski definition) is 2. The molecule has 0 unspecified atom stereocenters. The van der Waals surface area contributed by atoms with Crippen LogP contribution in [0.4, 0.5) is 4.79 Å². The number of ether oxygens (including phenoxy) is 4. The molecular weight excluding hydrogens is 585 g/mol. The second kappa shape index (κ2) is 27.8. The molecule has 0 aliphatic rings. The number of amides is 2. The average molecular weight is 639 g/mol. The molecule has 0 fully saturated rings. The minimum atomic E-state index is -0.187. The molecule has 10 heteroatoms. The fourth-order valence-electron chi connectivity index (χ4n) is 3.64. The van der Waals surface area contributed by atoms with Gasteiger partial charge >= 0.3 is 6.03 Å². The van der Waals surface area contributed by atoms with Gasteiger partial charge in [-0.2, -0.15) is 0 Å². The smallest absolute Gasteiger partial charge is 0.315 e. The Balaban J connectivity index is 1.94. The van der Waals surface area contributed by atoms with Crippen LogP contribution in [0.2, 0.25) is 0 Å². The molecule has 43 heavy (non-hydrogen) atoms. The number of hydrogen-bond acceptors (Lipinski definition) is 8. The molecule has 0 aromatic heterocycles. The van der Waals surface area contributed by atoms with Gasteiger partial charge in [0.2, 0.25) is 0 Å². The van der Waals surface area contributed by atoms with Crippen LogP contribution in [0.15, 0.2) is 29.2 Å². The van der Waals surface area contributed by atoms with E-state index < -0.39 is 0 Å². The van der Waals surface area contributed by atoms with Crippen LogP contribution in [-0.2, 0) is 30.2 Å². The normalized spacial score (nSPS) is 11.0. The zero-order chi connectivity index (χ0) is 31.4. The lowest BCUT2D eigenvalue weighted by Crippen LogP contribution is -2.36. The van der Waals surface area contributed by atoms with Gasteiger partial charge in [-0.3, -0.25) is 4.79 Å². The van der Waals surface area contributed by atoms with Gasteiger partial charge in [-0.1, -0.05) is 73.3 Å². The molecule has 8 nitrogen and oxygen atoms in total. The Morgan fingerprint density at radius 3 is 2.12 bits per heavy atom. The largest absolute Gasteiger partial charge is 0.379 e. The number of nitrogens with one attached hydrogen (secondary N) is 2. The first-order chi connectivity index (χ1) is 20.9. The highest BCUT2D eigenvalue weighted by molar-refractivity contribution is 8.76. The molecule has 1 rings (SSSR count). The summed E-state index contributed by atoms with van der Waals surface area (Å²) in [6, 6.07) is 7.94. The Labute approximate surface area is 268 Å². The van der Waals surface area contributed by atoms with Crippen molar-refractivity contribution >= 4 is 33.4 Å². The van der Waals surface area contributed by atoms with E-state index in [2.05, 4.69) is 36.3 Å². The Morgan fingerprint density at radius 1 is 0.791 bits per heavy atom. The van der Waals surface area contributed by atoms with Crippen LogP contribution in [0.25, 0.3) is 0 Å². The molecule has 244 valence electrons. The van der Waals surface area contributed by atoms with Crippen molar-refractivity contribution < 1.29 is 28.5 Å². The summed E-state index contributed by atoms with van der Waals surface area (Å²) >= 11 is 0. The maximum Gasteiger partial charge on any atom is 0.315 e. The summed E-state index contributed by atoms with van der Waals surface area (Å²) in [5, 5.41) is 5.55. The Hall–Kier alpha value is -1.74. The van der Waals surface area contributed by atoms with E-state index >= 15 is 0 Å². The van der Waals surface area contributed by atoms with Crippen LogP contribution in [0.5, 0.6) is 0 Å². The molecule has 0 heterocycles. The van der Waals surface area contributed by atoms with Crippen LogP contribution in [0.3, 0.4) is 0 Å². The van der Waals surface area contributed by atoms with E-state index in [1.807, 2.05) is 38.1 Å². The zero-order valence-corrected chi connectivity index (χ0v) is 28.4. The summed E-state index contributed by atoms with van der Waals surface area (Å²) in [5.74, 6) is 7.78. The van der Waals surface area contributed by atoms with Crippen molar-refractivity contribution in [3.63, 3.8) is 0 Å². The molecule has 0 aliphatic heterocycles. The number of benzene rings is 1. The maximum absolute atomic E-state index is 12.3. The molecule has 0 saturated heterocycles. The van der Waals surface area contributed by atoms with Crippen LogP contribution < -0.4 is 10.6 Å². The number of carbonyl (C=O) groups is 2. The van der Waals surface area contributed by atoms with E-state index in [4.69, 9.17) is 18.9 Å². The van der Waals surface area contributed by atoms with E-state index in [-0.39, 0.29) is 11.8 Å². The predicted molar refractivity (Wildman–Crippen MR) is 178 cm³/mol. The van der Waals surface area contributed by atoms with Gasteiger partial charge < -0.3 is 29.6 Å². The first-order valence-corrected chi connectivity index (χ1v) is 17.9. The number of unbranched alkanes of at least 4 members (excludes halogenated alkanes) is 1. The summed E-state index contributed by atoms with van der Waals surface area (Å²) in [6.07, 6.45) is 5.73. The van der Waals surface area contributed by atoms with Gasteiger partial charge in [0.1, 0.15) is 11.7 Å². The van der Waals surface area contributed by atoms with Crippen LogP contribution in [0, 0.1) is 23.7 Å². The van der Waals surface area contributed by atoms with Gasteiger partial charge in [-0.05, 0) is 55.7 Å². The topological polar surface area (TPSA) is 95.1 Å². The maximum atomic E-state index is 12.3. The molecule has 1 aromatic carbocycles. The summed E-state index contributed by atoms with van der Waals surface area (Å²) in [7, 11) is 3.30. The minimum absolute atomic E-state index is 0.187. The molecule has 0 bridgehead atoms. The third kappa shape index (κ3) is 26.4. The van der Waals surface area contributed by atoms with Crippen molar-refractivity contribution in [1.82, 2.24) is 10.6 Å². The second-order valence-corrected chi connectivity index (χ2v) is 13.2. The van der Waals surface area contributed by atoms with Gasteiger partial charge in [-0.15, -0.1) is 0 Å². The first kappa shape index (κ1) is 39.3. The molecular formula is C33H54N2O6S2. The van der Waals surface area contributed by atoms with Gasteiger partial charge in [0.15, 0.2) is 0 Å². The number of urea groups is 1. The summed E-state index contributed by atoms with van der Waals surface area (Å²) in [4.78, 5) is 25.1. The van der Waals surface area contributed by atoms with E-state index in [1.165, 1.54) is 6.42 Å². The monoisotopic (exact) mass is 638 g/mol. The molecule has 0 aliphatic carbocycles.